The summed E-state index contributed by atoms with van der Waals surface area (Å²) in [7, 11) is 3.39. The van der Waals surface area contributed by atoms with E-state index in [1.165, 1.54) is 0 Å². The van der Waals surface area contributed by atoms with Gasteiger partial charge in [-0.25, -0.2) is 14.5 Å². The van der Waals surface area contributed by atoms with E-state index in [1.54, 1.807) is 23.7 Å². The summed E-state index contributed by atoms with van der Waals surface area (Å²) in [5, 5.41) is 18.4. The molecule has 2 saturated carbocycles. The van der Waals surface area contributed by atoms with Crippen LogP contribution in [0.1, 0.15) is 69.5 Å². The Morgan fingerprint density at radius 1 is 1.13 bits per heavy atom. The summed E-state index contributed by atoms with van der Waals surface area (Å²) in [6.07, 6.45) is 8.79. The molecule has 3 heterocycles. The van der Waals surface area contributed by atoms with Crippen molar-refractivity contribution in [1.29, 1.82) is 0 Å². The van der Waals surface area contributed by atoms with Gasteiger partial charge in [-0.2, -0.15) is 5.10 Å². The Morgan fingerprint density at radius 3 is 2.63 bits per heavy atom. The second kappa shape index (κ2) is 12.4. The maximum absolute atomic E-state index is 13.8. The first-order valence-electron chi connectivity index (χ1n) is 16.2. The Morgan fingerprint density at radius 2 is 1.91 bits per heavy atom. The minimum Gasteiger partial charge on any atom is -0.496 e. The fourth-order valence-electron chi connectivity index (χ4n) is 6.95. The molecule has 1 aromatic carbocycles. The number of amides is 2. The fourth-order valence-corrected chi connectivity index (χ4v) is 6.95. The SMILES string of the molecule is COc1ccc2c(O[C@@H]3C[C@H]4C(=O)N[C@]5(C(=O)O)C[C@@H]5/C=C\CCCCN(C)C(=O)[C@@H]4C3)cc(-n3ccc(C(C)C)n3)nc2c1C. The number of aromatic nitrogens is 3. The van der Waals surface area contributed by atoms with Crippen molar-refractivity contribution >= 4 is 28.7 Å². The number of fused-ring (bicyclic) bond motifs is 3. The number of pyridine rings is 1. The van der Waals surface area contributed by atoms with Crippen molar-refractivity contribution in [3.05, 3.63) is 53.9 Å². The topological polar surface area (TPSA) is 136 Å². The molecule has 3 aliphatic rings. The van der Waals surface area contributed by atoms with E-state index in [9.17, 15) is 19.5 Å². The van der Waals surface area contributed by atoms with Crippen molar-refractivity contribution in [3.63, 3.8) is 0 Å². The first-order chi connectivity index (χ1) is 22.0. The normalized spacial score (nSPS) is 27.5. The van der Waals surface area contributed by atoms with Gasteiger partial charge in [0.2, 0.25) is 11.8 Å². The predicted molar refractivity (Wildman–Crippen MR) is 172 cm³/mol. The van der Waals surface area contributed by atoms with Gasteiger partial charge in [-0.05, 0) is 69.6 Å². The molecule has 2 fully saturated rings. The molecule has 2 aromatic heterocycles. The molecule has 0 saturated heterocycles. The summed E-state index contributed by atoms with van der Waals surface area (Å²) in [4.78, 5) is 46.6. The van der Waals surface area contributed by atoms with Gasteiger partial charge >= 0.3 is 5.97 Å². The van der Waals surface area contributed by atoms with Crippen molar-refractivity contribution in [2.24, 2.45) is 17.8 Å². The highest BCUT2D eigenvalue weighted by molar-refractivity contribution is 5.94. The number of aliphatic carboxylic acids is 1. The molecule has 2 N–H and O–H groups in total. The van der Waals surface area contributed by atoms with Crippen LogP contribution in [0.2, 0.25) is 0 Å². The standard InChI is InChI=1S/C35H43N5O6/c1-20(2)27-13-15-40(38-27)30-18-29(24-11-12-28(45-5)21(3)31(24)36-30)46-23-16-25-26(17-23)33(42)39(4)14-9-7-6-8-10-22-19-35(22,34(43)44)37-32(25)41/h8,10-13,15,18,20,22-23,25-26H,6-7,9,14,16-17,19H2,1-5H3,(H,37,41)(H,43,44)/b10-8-/t22-,23+,25+,26+,35+/m0/s1. The van der Waals surface area contributed by atoms with Crippen LogP contribution in [-0.4, -0.2) is 74.9 Å². The molecular formula is C35H43N5O6. The number of hydrogen-bond acceptors (Lipinski definition) is 7. The van der Waals surface area contributed by atoms with E-state index in [-0.39, 0.29) is 24.2 Å². The van der Waals surface area contributed by atoms with Gasteiger partial charge in [0, 0.05) is 42.7 Å². The molecule has 2 aliphatic carbocycles. The Kier molecular flexibility index (Phi) is 8.52. The van der Waals surface area contributed by atoms with Crippen LogP contribution in [-0.2, 0) is 14.4 Å². The van der Waals surface area contributed by atoms with E-state index in [1.807, 2.05) is 49.5 Å². The lowest BCUT2D eigenvalue weighted by Crippen LogP contribution is -2.49. The van der Waals surface area contributed by atoms with Crippen LogP contribution in [0.5, 0.6) is 11.5 Å². The van der Waals surface area contributed by atoms with E-state index >= 15 is 0 Å². The first-order valence-corrected chi connectivity index (χ1v) is 16.2. The number of methoxy groups -OCH3 is 1. The third kappa shape index (κ3) is 5.83. The summed E-state index contributed by atoms with van der Waals surface area (Å²) in [6.45, 7) is 6.70. The van der Waals surface area contributed by atoms with Gasteiger partial charge in [-0.15, -0.1) is 0 Å². The summed E-state index contributed by atoms with van der Waals surface area (Å²) < 4.78 is 14.0. The molecule has 0 spiro atoms. The molecule has 3 aromatic rings. The van der Waals surface area contributed by atoms with Crippen molar-refractivity contribution in [2.75, 3.05) is 20.7 Å². The number of nitrogens with zero attached hydrogens (tertiary/aromatic N) is 4. The van der Waals surface area contributed by atoms with Crippen LogP contribution in [0.25, 0.3) is 16.7 Å². The Hall–Kier alpha value is -4.41. The van der Waals surface area contributed by atoms with Crippen LogP contribution in [0.3, 0.4) is 0 Å². The molecule has 6 rings (SSSR count). The number of aryl methyl sites for hydroxylation is 1. The fraction of sp³-hybridized carbons (Fsp3) is 0.514. The molecular weight excluding hydrogens is 586 g/mol. The monoisotopic (exact) mass is 629 g/mol. The van der Waals surface area contributed by atoms with Crippen LogP contribution in [0.15, 0.2) is 42.6 Å². The molecule has 11 nitrogen and oxygen atoms in total. The van der Waals surface area contributed by atoms with Gasteiger partial charge in [0.25, 0.3) is 0 Å². The molecule has 11 heteroatoms. The highest BCUT2D eigenvalue weighted by Gasteiger charge is 2.61. The zero-order chi connectivity index (χ0) is 32.7. The lowest BCUT2D eigenvalue weighted by atomic mass is 9.93. The molecule has 0 unspecified atom stereocenters. The van der Waals surface area contributed by atoms with Crippen molar-refractivity contribution in [2.45, 2.75) is 76.9 Å². The third-order valence-electron chi connectivity index (χ3n) is 9.86. The lowest BCUT2D eigenvalue weighted by molar-refractivity contribution is -0.145. The molecule has 0 radical (unpaired) electrons. The molecule has 46 heavy (non-hydrogen) atoms. The molecule has 5 atom stereocenters. The van der Waals surface area contributed by atoms with Crippen LogP contribution < -0.4 is 14.8 Å². The Bertz CT molecular complexity index is 1700. The van der Waals surface area contributed by atoms with Gasteiger partial charge in [0.15, 0.2) is 5.82 Å². The van der Waals surface area contributed by atoms with E-state index in [0.717, 1.165) is 35.9 Å². The number of carboxylic acids is 1. The van der Waals surface area contributed by atoms with E-state index in [2.05, 4.69) is 19.2 Å². The second-order valence-corrected chi connectivity index (χ2v) is 13.3. The average Bonchev–Trinajstić information content (AvgIpc) is 3.33. The smallest absolute Gasteiger partial charge is 0.330 e. The number of nitrogens with one attached hydrogen (secondary N) is 1. The minimum absolute atomic E-state index is 0.116. The maximum Gasteiger partial charge on any atom is 0.330 e. The molecule has 0 bridgehead atoms. The Labute approximate surface area is 268 Å². The van der Waals surface area contributed by atoms with Gasteiger partial charge < -0.3 is 24.8 Å². The van der Waals surface area contributed by atoms with Gasteiger partial charge in [-0.1, -0.05) is 26.0 Å². The molecule has 244 valence electrons. The predicted octanol–water partition coefficient (Wildman–Crippen LogP) is 4.79. The second-order valence-electron chi connectivity index (χ2n) is 13.3. The summed E-state index contributed by atoms with van der Waals surface area (Å²) in [5.74, 6) is -1.11. The highest BCUT2D eigenvalue weighted by atomic mass is 16.5. The van der Waals surface area contributed by atoms with E-state index in [4.69, 9.17) is 19.6 Å². The largest absolute Gasteiger partial charge is 0.496 e. The number of carbonyl (C=O) groups is 3. The van der Waals surface area contributed by atoms with Gasteiger partial charge in [-0.3, -0.25) is 9.59 Å². The third-order valence-corrected chi connectivity index (χ3v) is 9.86. The number of benzene rings is 1. The number of allylic oxidation sites excluding steroid dienone is 1. The zero-order valence-electron chi connectivity index (χ0n) is 27.2. The zero-order valence-corrected chi connectivity index (χ0v) is 27.2. The van der Waals surface area contributed by atoms with Gasteiger partial charge in [0.05, 0.1) is 30.2 Å². The van der Waals surface area contributed by atoms with Crippen LogP contribution >= 0.6 is 0 Å². The van der Waals surface area contributed by atoms with Crippen molar-refractivity contribution in [1.82, 2.24) is 25.0 Å². The van der Waals surface area contributed by atoms with Crippen LogP contribution in [0, 0.1) is 24.7 Å². The maximum atomic E-state index is 13.8. The Balaban J connectivity index is 1.35. The minimum atomic E-state index is -1.33. The van der Waals surface area contributed by atoms with Crippen LogP contribution in [0.4, 0.5) is 0 Å². The summed E-state index contributed by atoms with van der Waals surface area (Å²) in [5.41, 5.74) is 1.16. The lowest BCUT2D eigenvalue weighted by Gasteiger charge is -2.26. The average molecular weight is 630 g/mol. The number of carbonyl (C=O) groups excluding carboxylic acids is 2. The van der Waals surface area contributed by atoms with Gasteiger partial charge in [0.1, 0.15) is 23.1 Å². The molecule has 1 aliphatic heterocycles. The quantitative estimate of drug-likeness (QED) is 0.372. The number of ether oxygens (including phenoxy) is 2. The van der Waals surface area contributed by atoms with Crippen molar-refractivity contribution < 1.29 is 29.0 Å². The summed E-state index contributed by atoms with van der Waals surface area (Å²) >= 11 is 0. The molecule has 2 amide bonds. The first kappa shape index (κ1) is 31.6. The number of rotatable bonds is 6. The van der Waals surface area contributed by atoms with E-state index < -0.39 is 35.4 Å². The highest BCUT2D eigenvalue weighted by Crippen LogP contribution is 2.47. The number of carboxylic acid groups (broad SMARTS) is 1. The van der Waals surface area contributed by atoms with Crippen molar-refractivity contribution in [3.8, 4) is 17.3 Å². The van der Waals surface area contributed by atoms with E-state index in [0.29, 0.717) is 42.2 Å². The summed E-state index contributed by atoms with van der Waals surface area (Å²) in [6, 6.07) is 7.59. The number of hydrogen-bond donors (Lipinski definition) is 2.